The van der Waals surface area contributed by atoms with Crippen molar-refractivity contribution in [3.05, 3.63) is 0 Å². The van der Waals surface area contributed by atoms with Gasteiger partial charge in [-0.2, -0.15) is 0 Å². The highest BCUT2D eigenvalue weighted by Gasteiger charge is 2.34. The van der Waals surface area contributed by atoms with E-state index in [-0.39, 0.29) is 18.2 Å². The molecule has 1 N–H and O–H groups in total. The minimum absolute atomic E-state index is 0.0898. The van der Waals surface area contributed by atoms with Gasteiger partial charge in [-0.05, 0) is 31.1 Å². The van der Waals surface area contributed by atoms with Gasteiger partial charge in [0.1, 0.15) is 0 Å². The summed E-state index contributed by atoms with van der Waals surface area (Å²) in [4.78, 5) is 24.9. The number of ether oxygens (including phenoxy) is 1. The Hall–Kier alpha value is -1.10. The van der Waals surface area contributed by atoms with Crippen LogP contribution in [0, 0.1) is 17.8 Å². The van der Waals surface area contributed by atoms with Gasteiger partial charge >= 0.3 is 5.97 Å². The van der Waals surface area contributed by atoms with E-state index in [1.54, 1.807) is 0 Å². The smallest absolute Gasteiger partial charge is 0.303 e. The first kappa shape index (κ1) is 14.3. The summed E-state index contributed by atoms with van der Waals surface area (Å²) >= 11 is 0. The van der Waals surface area contributed by atoms with E-state index < -0.39 is 5.97 Å². The zero-order chi connectivity index (χ0) is 13.8. The lowest BCUT2D eigenvalue weighted by Crippen LogP contribution is -2.41. The summed E-state index contributed by atoms with van der Waals surface area (Å²) in [5.41, 5.74) is 0. The molecule has 0 radical (unpaired) electrons. The van der Waals surface area contributed by atoms with Gasteiger partial charge in [-0.1, -0.05) is 6.92 Å². The summed E-state index contributed by atoms with van der Waals surface area (Å²) in [5, 5.41) is 8.69. The van der Waals surface area contributed by atoms with Gasteiger partial charge in [0, 0.05) is 38.6 Å². The monoisotopic (exact) mass is 269 g/mol. The molecule has 2 heterocycles. The van der Waals surface area contributed by atoms with Gasteiger partial charge in [0.2, 0.25) is 5.91 Å². The van der Waals surface area contributed by atoms with Crippen molar-refractivity contribution in [1.29, 1.82) is 0 Å². The topological polar surface area (TPSA) is 66.8 Å². The fraction of sp³-hybridized carbons (Fsp3) is 0.857. The van der Waals surface area contributed by atoms with Crippen molar-refractivity contribution < 1.29 is 19.4 Å². The molecule has 0 aromatic carbocycles. The molecule has 2 rings (SSSR count). The Morgan fingerprint density at radius 3 is 2.84 bits per heavy atom. The van der Waals surface area contributed by atoms with E-state index in [0.717, 1.165) is 25.9 Å². The predicted molar refractivity (Wildman–Crippen MR) is 69.6 cm³/mol. The molecule has 2 fully saturated rings. The Labute approximate surface area is 113 Å². The molecule has 19 heavy (non-hydrogen) atoms. The fourth-order valence-corrected chi connectivity index (χ4v) is 3.08. The molecule has 108 valence electrons. The average molecular weight is 269 g/mol. The van der Waals surface area contributed by atoms with Crippen LogP contribution in [0.2, 0.25) is 0 Å². The zero-order valence-electron chi connectivity index (χ0n) is 11.5. The second-order valence-corrected chi connectivity index (χ2v) is 5.82. The quantitative estimate of drug-likeness (QED) is 0.837. The van der Waals surface area contributed by atoms with Crippen LogP contribution in [-0.2, 0) is 14.3 Å². The van der Waals surface area contributed by atoms with Crippen molar-refractivity contribution in [3.8, 4) is 0 Å². The van der Waals surface area contributed by atoms with Crippen LogP contribution >= 0.6 is 0 Å². The molecule has 0 aromatic heterocycles. The number of carboxylic acid groups (broad SMARTS) is 1. The van der Waals surface area contributed by atoms with E-state index in [1.807, 2.05) is 4.90 Å². The van der Waals surface area contributed by atoms with E-state index >= 15 is 0 Å². The van der Waals surface area contributed by atoms with Crippen molar-refractivity contribution in [2.24, 2.45) is 17.8 Å². The van der Waals surface area contributed by atoms with Crippen LogP contribution in [0.25, 0.3) is 0 Å². The zero-order valence-corrected chi connectivity index (χ0v) is 11.5. The van der Waals surface area contributed by atoms with E-state index in [4.69, 9.17) is 9.84 Å². The molecule has 0 bridgehead atoms. The Kier molecular flexibility index (Phi) is 4.80. The standard InChI is InChI=1S/C14H23NO4/c1-10-9-19-7-5-12(10)14(18)15-6-4-11(8-15)2-3-13(16)17/h10-12H,2-9H2,1H3,(H,16,17). The van der Waals surface area contributed by atoms with Gasteiger partial charge in [-0.15, -0.1) is 0 Å². The van der Waals surface area contributed by atoms with Crippen LogP contribution in [0.15, 0.2) is 0 Å². The van der Waals surface area contributed by atoms with E-state index in [1.165, 1.54) is 0 Å². The first-order chi connectivity index (χ1) is 9.08. The van der Waals surface area contributed by atoms with Gasteiger partial charge in [-0.25, -0.2) is 0 Å². The number of carbonyl (C=O) groups is 2. The summed E-state index contributed by atoms with van der Waals surface area (Å²) in [7, 11) is 0. The summed E-state index contributed by atoms with van der Waals surface area (Å²) in [6.07, 6.45) is 2.65. The molecule has 1 amide bonds. The largest absolute Gasteiger partial charge is 0.481 e. The molecule has 0 aliphatic carbocycles. The van der Waals surface area contributed by atoms with Crippen molar-refractivity contribution in [3.63, 3.8) is 0 Å². The molecule has 2 saturated heterocycles. The van der Waals surface area contributed by atoms with Gasteiger partial charge in [-0.3, -0.25) is 9.59 Å². The van der Waals surface area contributed by atoms with Crippen molar-refractivity contribution >= 4 is 11.9 Å². The lowest BCUT2D eigenvalue weighted by atomic mass is 9.89. The van der Waals surface area contributed by atoms with Gasteiger partial charge < -0.3 is 14.7 Å². The lowest BCUT2D eigenvalue weighted by Gasteiger charge is -2.31. The van der Waals surface area contributed by atoms with Crippen LogP contribution in [-0.4, -0.2) is 48.2 Å². The minimum atomic E-state index is -0.747. The molecular formula is C14H23NO4. The normalized spacial score (nSPS) is 31.4. The molecule has 2 aliphatic rings. The van der Waals surface area contributed by atoms with Gasteiger partial charge in [0.15, 0.2) is 0 Å². The minimum Gasteiger partial charge on any atom is -0.481 e. The van der Waals surface area contributed by atoms with Crippen LogP contribution in [0.4, 0.5) is 0 Å². The molecule has 0 spiro atoms. The molecule has 2 aliphatic heterocycles. The average Bonchev–Trinajstić information content (AvgIpc) is 2.85. The number of carbonyl (C=O) groups excluding carboxylic acids is 1. The van der Waals surface area contributed by atoms with E-state index in [2.05, 4.69) is 6.92 Å². The maximum atomic E-state index is 12.4. The molecule has 0 saturated carbocycles. The number of hydrogen-bond donors (Lipinski definition) is 1. The number of hydrogen-bond acceptors (Lipinski definition) is 3. The third kappa shape index (κ3) is 3.69. The number of nitrogens with zero attached hydrogens (tertiary/aromatic N) is 1. The highest BCUT2D eigenvalue weighted by atomic mass is 16.5. The van der Waals surface area contributed by atoms with E-state index in [0.29, 0.717) is 31.5 Å². The summed E-state index contributed by atoms with van der Waals surface area (Å²) in [6, 6.07) is 0. The Bertz CT molecular complexity index is 344. The van der Waals surface area contributed by atoms with Crippen molar-refractivity contribution in [1.82, 2.24) is 4.90 Å². The predicted octanol–water partition coefficient (Wildman–Crippen LogP) is 1.37. The van der Waals surface area contributed by atoms with Crippen LogP contribution in [0.5, 0.6) is 0 Å². The summed E-state index contributed by atoms with van der Waals surface area (Å²) in [5.74, 6) is 0.234. The first-order valence-electron chi connectivity index (χ1n) is 7.16. The van der Waals surface area contributed by atoms with Crippen molar-refractivity contribution in [2.45, 2.75) is 32.6 Å². The lowest BCUT2D eigenvalue weighted by molar-refractivity contribution is -0.140. The molecule has 5 heteroatoms. The third-order valence-electron chi connectivity index (χ3n) is 4.32. The third-order valence-corrected chi connectivity index (χ3v) is 4.32. The number of amides is 1. The number of carboxylic acids is 1. The molecule has 3 unspecified atom stereocenters. The second-order valence-electron chi connectivity index (χ2n) is 5.82. The summed E-state index contributed by atoms with van der Waals surface area (Å²) < 4.78 is 5.37. The maximum Gasteiger partial charge on any atom is 0.303 e. The Morgan fingerprint density at radius 1 is 1.37 bits per heavy atom. The Balaban J connectivity index is 1.82. The Morgan fingerprint density at radius 2 is 2.16 bits per heavy atom. The van der Waals surface area contributed by atoms with Crippen LogP contribution in [0.3, 0.4) is 0 Å². The van der Waals surface area contributed by atoms with Gasteiger partial charge in [0.25, 0.3) is 0 Å². The highest BCUT2D eigenvalue weighted by molar-refractivity contribution is 5.79. The van der Waals surface area contributed by atoms with E-state index in [9.17, 15) is 9.59 Å². The van der Waals surface area contributed by atoms with Crippen LogP contribution in [0.1, 0.15) is 32.6 Å². The van der Waals surface area contributed by atoms with Crippen LogP contribution < -0.4 is 0 Å². The number of aliphatic carboxylic acids is 1. The number of rotatable bonds is 4. The van der Waals surface area contributed by atoms with Crippen molar-refractivity contribution in [2.75, 3.05) is 26.3 Å². The highest BCUT2D eigenvalue weighted by Crippen LogP contribution is 2.28. The maximum absolute atomic E-state index is 12.4. The summed E-state index contributed by atoms with van der Waals surface area (Å²) in [6.45, 7) is 4.94. The van der Waals surface area contributed by atoms with Gasteiger partial charge in [0.05, 0.1) is 0 Å². The molecule has 0 aromatic rings. The number of likely N-dealkylation sites (tertiary alicyclic amines) is 1. The second kappa shape index (κ2) is 6.37. The molecule has 3 atom stereocenters. The SMILES string of the molecule is CC1COCCC1C(=O)N1CCC(CCC(=O)O)C1. The first-order valence-corrected chi connectivity index (χ1v) is 7.16. The molecular weight excluding hydrogens is 246 g/mol. The molecule has 5 nitrogen and oxygen atoms in total. The fourth-order valence-electron chi connectivity index (χ4n) is 3.08.